The van der Waals surface area contributed by atoms with Crippen molar-refractivity contribution in [2.75, 3.05) is 6.54 Å². The molecular weight excluding hydrogens is 379 g/mol. The zero-order valence-corrected chi connectivity index (χ0v) is 16.8. The fourth-order valence-corrected chi connectivity index (χ4v) is 3.53. The third kappa shape index (κ3) is 4.57. The van der Waals surface area contributed by atoms with Crippen molar-refractivity contribution in [3.8, 4) is 0 Å². The number of hydrogen-bond acceptors (Lipinski definition) is 3. The molecule has 0 saturated heterocycles. The van der Waals surface area contributed by atoms with Gasteiger partial charge < -0.3 is 9.74 Å². The first-order valence-electron chi connectivity index (χ1n) is 9.97. The molecule has 4 nitrogen and oxygen atoms in total. The van der Waals surface area contributed by atoms with Crippen LogP contribution in [0, 0.1) is 12.7 Å². The van der Waals surface area contributed by atoms with Crippen LogP contribution in [0.25, 0.3) is 0 Å². The second kappa shape index (κ2) is 8.91. The number of rotatable bonds is 6. The van der Waals surface area contributed by atoms with Gasteiger partial charge in [-0.3, -0.25) is 4.79 Å². The van der Waals surface area contributed by atoms with Crippen LogP contribution in [0.4, 0.5) is 4.39 Å². The number of halogens is 1. The van der Waals surface area contributed by atoms with Gasteiger partial charge in [0, 0.05) is 24.1 Å². The van der Waals surface area contributed by atoms with Crippen LogP contribution in [0.1, 0.15) is 33.5 Å². The standard InChI is InChI=1S/C25H23FN2O2/c1-18-11-13-20(14-12-18)25(29)28(16-19-7-3-2-4-8-19)17-21-15-24(27-30-21)22-9-5-6-10-23(22)26/h2-14,21H,15-17H2,1H3/t21-/m1/s1. The Hall–Kier alpha value is -3.47. The third-order valence-corrected chi connectivity index (χ3v) is 5.14. The maximum Gasteiger partial charge on any atom is 0.254 e. The predicted molar refractivity (Wildman–Crippen MR) is 115 cm³/mol. The molecule has 0 radical (unpaired) electrons. The number of nitrogens with zero attached hydrogens (tertiary/aromatic N) is 2. The first-order chi connectivity index (χ1) is 14.6. The Kier molecular flexibility index (Phi) is 5.89. The van der Waals surface area contributed by atoms with Crippen molar-refractivity contribution in [2.45, 2.75) is 26.0 Å². The minimum Gasteiger partial charge on any atom is -0.390 e. The molecule has 1 aliphatic heterocycles. The van der Waals surface area contributed by atoms with Crippen LogP contribution in [0.3, 0.4) is 0 Å². The zero-order chi connectivity index (χ0) is 20.9. The number of oxime groups is 1. The molecule has 1 aliphatic rings. The van der Waals surface area contributed by atoms with Crippen molar-refractivity contribution < 1.29 is 14.0 Å². The van der Waals surface area contributed by atoms with Gasteiger partial charge in [-0.1, -0.05) is 71.4 Å². The Balaban J connectivity index is 1.51. The Labute approximate surface area is 175 Å². The summed E-state index contributed by atoms with van der Waals surface area (Å²) in [5.41, 5.74) is 3.78. The Morgan fingerprint density at radius 1 is 1.03 bits per heavy atom. The quantitative estimate of drug-likeness (QED) is 0.584. The predicted octanol–water partition coefficient (Wildman–Crippen LogP) is 4.97. The first-order valence-corrected chi connectivity index (χ1v) is 9.97. The van der Waals surface area contributed by atoms with Gasteiger partial charge in [0.1, 0.15) is 5.82 Å². The van der Waals surface area contributed by atoms with E-state index in [4.69, 9.17) is 4.84 Å². The largest absolute Gasteiger partial charge is 0.390 e. The molecule has 1 atom stereocenters. The lowest BCUT2D eigenvalue weighted by atomic mass is 10.0. The summed E-state index contributed by atoms with van der Waals surface area (Å²) in [6, 6.07) is 23.9. The van der Waals surface area contributed by atoms with Gasteiger partial charge in [-0.05, 0) is 30.7 Å². The Bertz CT molecular complexity index is 1050. The topological polar surface area (TPSA) is 41.9 Å². The van der Waals surface area contributed by atoms with E-state index in [1.807, 2.05) is 61.5 Å². The summed E-state index contributed by atoms with van der Waals surface area (Å²) in [4.78, 5) is 20.6. The van der Waals surface area contributed by atoms with E-state index in [9.17, 15) is 9.18 Å². The maximum atomic E-state index is 14.1. The van der Waals surface area contributed by atoms with Gasteiger partial charge in [-0.15, -0.1) is 0 Å². The summed E-state index contributed by atoms with van der Waals surface area (Å²) >= 11 is 0. The lowest BCUT2D eigenvalue weighted by molar-refractivity contribution is 0.0405. The van der Waals surface area contributed by atoms with Gasteiger partial charge in [0.2, 0.25) is 0 Å². The lowest BCUT2D eigenvalue weighted by Gasteiger charge is -2.25. The van der Waals surface area contributed by atoms with E-state index >= 15 is 0 Å². The Morgan fingerprint density at radius 2 is 1.73 bits per heavy atom. The normalized spacial score (nSPS) is 15.4. The van der Waals surface area contributed by atoms with Crippen molar-refractivity contribution in [1.82, 2.24) is 4.90 Å². The lowest BCUT2D eigenvalue weighted by Crippen LogP contribution is -2.37. The van der Waals surface area contributed by atoms with Crippen LogP contribution in [0.2, 0.25) is 0 Å². The van der Waals surface area contributed by atoms with Crippen LogP contribution in [0.15, 0.2) is 84.0 Å². The van der Waals surface area contributed by atoms with Gasteiger partial charge in [0.05, 0.1) is 12.3 Å². The SMILES string of the molecule is Cc1ccc(C(=O)N(Cc2ccccc2)C[C@H]2CC(c3ccccc3F)=NO2)cc1. The van der Waals surface area contributed by atoms with Gasteiger partial charge in [0.15, 0.2) is 6.10 Å². The second-order valence-electron chi connectivity index (χ2n) is 7.49. The number of benzene rings is 3. The third-order valence-electron chi connectivity index (χ3n) is 5.14. The van der Waals surface area contributed by atoms with Gasteiger partial charge in [-0.2, -0.15) is 0 Å². The summed E-state index contributed by atoms with van der Waals surface area (Å²) in [6.45, 7) is 2.81. The molecule has 0 N–H and O–H groups in total. The van der Waals surface area contributed by atoms with Crippen molar-refractivity contribution in [3.05, 3.63) is 107 Å². The minimum atomic E-state index is -0.322. The van der Waals surface area contributed by atoms with Crippen LogP contribution in [0.5, 0.6) is 0 Å². The molecule has 0 aromatic heterocycles. The van der Waals surface area contributed by atoms with Crippen molar-refractivity contribution >= 4 is 11.6 Å². The molecule has 5 heteroatoms. The first kappa shape index (κ1) is 19.8. The molecule has 0 bridgehead atoms. The number of hydrogen-bond donors (Lipinski definition) is 0. The summed E-state index contributed by atoms with van der Waals surface area (Å²) in [5.74, 6) is -0.390. The van der Waals surface area contributed by atoms with Crippen LogP contribution in [-0.2, 0) is 11.4 Å². The average Bonchev–Trinajstić information content (AvgIpc) is 3.23. The molecule has 30 heavy (non-hydrogen) atoms. The highest BCUT2D eigenvalue weighted by molar-refractivity contribution is 6.01. The summed E-state index contributed by atoms with van der Waals surface area (Å²) in [5, 5.41) is 4.09. The number of carbonyl (C=O) groups is 1. The van der Waals surface area contributed by atoms with Gasteiger partial charge in [-0.25, -0.2) is 4.39 Å². The fourth-order valence-electron chi connectivity index (χ4n) is 3.53. The average molecular weight is 402 g/mol. The number of aryl methyl sites for hydroxylation is 1. The molecule has 0 fully saturated rings. The molecule has 3 aromatic rings. The molecule has 0 aliphatic carbocycles. The van der Waals surface area contributed by atoms with Crippen molar-refractivity contribution in [2.24, 2.45) is 5.16 Å². The zero-order valence-electron chi connectivity index (χ0n) is 16.8. The van der Waals surface area contributed by atoms with E-state index in [1.54, 1.807) is 23.1 Å². The summed E-state index contributed by atoms with van der Waals surface area (Å²) in [7, 11) is 0. The van der Waals surface area contributed by atoms with E-state index in [1.165, 1.54) is 6.07 Å². The molecular formula is C25H23FN2O2. The van der Waals surface area contributed by atoms with E-state index in [-0.39, 0.29) is 17.8 Å². The smallest absolute Gasteiger partial charge is 0.254 e. The van der Waals surface area contributed by atoms with Gasteiger partial charge in [0.25, 0.3) is 5.91 Å². The Morgan fingerprint density at radius 3 is 2.47 bits per heavy atom. The van der Waals surface area contributed by atoms with Crippen LogP contribution in [-0.4, -0.2) is 29.2 Å². The number of amides is 1. The highest BCUT2D eigenvalue weighted by Crippen LogP contribution is 2.21. The molecule has 4 rings (SSSR count). The van der Waals surface area contributed by atoms with Crippen molar-refractivity contribution in [3.63, 3.8) is 0 Å². The molecule has 152 valence electrons. The van der Waals surface area contributed by atoms with Crippen molar-refractivity contribution in [1.29, 1.82) is 0 Å². The maximum absolute atomic E-state index is 14.1. The monoisotopic (exact) mass is 402 g/mol. The highest BCUT2D eigenvalue weighted by Gasteiger charge is 2.28. The van der Waals surface area contributed by atoms with Crippen LogP contribution < -0.4 is 0 Å². The number of carbonyl (C=O) groups excluding carboxylic acids is 1. The fraction of sp³-hybridized carbons (Fsp3) is 0.200. The van der Waals surface area contributed by atoms with E-state index in [0.29, 0.717) is 36.3 Å². The molecule has 1 heterocycles. The summed E-state index contributed by atoms with van der Waals surface area (Å²) in [6.07, 6.45) is 0.130. The van der Waals surface area contributed by atoms with E-state index in [2.05, 4.69) is 5.16 Å². The summed E-state index contributed by atoms with van der Waals surface area (Å²) < 4.78 is 14.1. The molecule has 0 spiro atoms. The highest BCUT2D eigenvalue weighted by atomic mass is 19.1. The van der Waals surface area contributed by atoms with Crippen LogP contribution >= 0.6 is 0 Å². The van der Waals surface area contributed by atoms with E-state index < -0.39 is 0 Å². The molecule has 0 saturated carbocycles. The molecule has 3 aromatic carbocycles. The molecule has 0 unspecified atom stereocenters. The van der Waals surface area contributed by atoms with E-state index in [0.717, 1.165) is 11.1 Å². The van der Waals surface area contributed by atoms with Gasteiger partial charge >= 0.3 is 0 Å². The molecule has 1 amide bonds. The minimum absolute atomic E-state index is 0.0678. The second-order valence-corrected chi connectivity index (χ2v) is 7.49.